The van der Waals surface area contributed by atoms with E-state index in [0.717, 1.165) is 30.2 Å². The van der Waals surface area contributed by atoms with Crippen LogP contribution in [0.2, 0.25) is 0 Å². The van der Waals surface area contributed by atoms with Crippen LogP contribution < -0.4 is 19.7 Å². The van der Waals surface area contributed by atoms with Gasteiger partial charge < -0.3 is 35.0 Å². The number of phenolic OH excluding ortho intramolecular Hbond substituents is 1. The van der Waals surface area contributed by atoms with Gasteiger partial charge in [-0.05, 0) is 61.9 Å². The second kappa shape index (κ2) is 19.6. The van der Waals surface area contributed by atoms with Crippen molar-refractivity contribution in [2.75, 3.05) is 23.4 Å². The molecule has 0 unspecified atom stereocenters. The van der Waals surface area contributed by atoms with Crippen molar-refractivity contribution < 1.29 is 48.8 Å². The molecular weight excluding hydrogens is 680 g/mol. The number of nitrogens with one attached hydrogen (secondary N) is 1. The van der Waals surface area contributed by atoms with E-state index in [9.17, 15) is 39.3 Å². The molecule has 0 fully saturated rings. The van der Waals surface area contributed by atoms with Gasteiger partial charge in [0.2, 0.25) is 5.91 Å². The number of aromatic carboxylic acids is 2. The van der Waals surface area contributed by atoms with Gasteiger partial charge in [-0.3, -0.25) is 9.59 Å². The number of benzene rings is 4. The molecular formula is C41H46N2O10. The number of aromatic hydroxyl groups is 1. The molecule has 0 atom stereocenters. The molecule has 0 aromatic heterocycles. The SMILES string of the molecule is CCCCCCCCCCCC(=O)Nc1ccc(OC(=O)COc2cc(C(=O)N(CC)c3cc(C(=O)O)cc(C(=O)O)c3)c(O)c3ccccc23)cc1. The average Bonchev–Trinajstić information content (AvgIpc) is 3.14. The molecule has 0 spiro atoms. The first-order chi connectivity index (χ1) is 25.5. The number of phenols is 1. The highest BCUT2D eigenvalue weighted by Gasteiger charge is 2.25. The Morgan fingerprint density at radius 1 is 0.717 bits per heavy atom. The van der Waals surface area contributed by atoms with Crippen LogP contribution in [-0.4, -0.2) is 58.2 Å². The summed E-state index contributed by atoms with van der Waals surface area (Å²) in [4.78, 5) is 63.6. The summed E-state index contributed by atoms with van der Waals surface area (Å²) in [6, 6.07) is 17.5. The Bertz CT molecular complexity index is 1890. The molecule has 12 nitrogen and oxygen atoms in total. The van der Waals surface area contributed by atoms with Gasteiger partial charge >= 0.3 is 17.9 Å². The van der Waals surface area contributed by atoms with E-state index in [1.807, 2.05) is 0 Å². The lowest BCUT2D eigenvalue weighted by Gasteiger charge is -2.23. The largest absolute Gasteiger partial charge is 0.506 e. The van der Waals surface area contributed by atoms with Gasteiger partial charge in [0.25, 0.3) is 5.91 Å². The number of amides is 2. The van der Waals surface area contributed by atoms with Crippen LogP contribution in [-0.2, 0) is 9.59 Å². The van der Waals surface area contributed by atoms with Gasteiger partial charge in [0, 0.05) is 35.1 Å². The van der Waals surface area contributed by atoms with E-state index >= 15 is 0 Å². The van der Waals surface area contributed by atoms with Gasteiger partial charge in [-0.2, -0.15) is 0 Å². The van der Waals surface area contributed by atoms with Crippen molar-refractivity contribution in [1.29, 1.82) is 0 Å². The molecule has 280 valence electrons. The Balaban J connectivity index is 1.38. The number of carbonyl (C=O) groups is 5. The minimum atomic E-state index is -1.38. The van der Waals surface area contributed by atoms with E-state index in [4.69, 9.17) is 9.47 Å². The van der Waals surface area contributed by atoms with Gasteiger partial charge in [-0.25, -0.2) is 14.4 Å². The van der Waals surface area contributed by atoms with Crippen LogP contribution >= 0.6 is 0 Å². The molecule has 2 amide bonds. The lowest BCUT2D eigenvalue weighted by Crippen LogP contribution is -2.31. The quantitative estimate of drug-likeness (QED) is 0.0392. The number of carbonyl (C=O) groups excluding carboxylic acids is 3. The van der Waals surface area contributed by atoms with Gasteiger partial charge in [0.1, 0.15) is 17.2 Å². The molecule has 0 saturated carbocycles. The number of carboxylic acid groups (broad SMARTS) is 2. The Kier molecular flexibility index (Phi) is 14.8. The zero-order valence-corrected chi connectivity index (χ0v) is 30.1. The number of ether oxygens (including phenoxy) is 2. The zero-order valence-electron chi connectivity index (χ0n) is 30.1. The number of anilines is 2. The van der Waals surface area contributed by atoms with Crippen LogP contribution in [0.15, 0.2) is 72.8 Å². The third-order valence-electron chi connectivity index (χ3n) is 8.72. The summed E-state index contributed by atoms with van der Waals surface area (Å²) in [5, 5.41) is 33.7. The van der Waals surface area contributed by atoms with E-state index in [-0.39, 0.29) is 57.5 Å². The van der Waals surface area contributed by atoms with E-state index in [1.54, 1.807) is 55.5 Å². The van der Waals surface area contributed by atoms with Crippen molar-refractivity contribution in [2.24, 2.45) is 0 Å². The molecule has 0 bridgehead atoms. The normalized spacial score (nSPS) is 10.8. The lowest BCUT2D eigenvalue weighted by molar-refractivity contribution is -0.136. The molecule has 0 aliphatic heterocycles. The van der Waals surface area contributed by atoms with Gasteiger partial charge in [0.15, 0.2) is 6.61 Å². The highest BCUT2D eigenvalue weighted by Crippen LogP contribution is 2.37. The van der Waals surface area contributed by atoms with Crippen molar-refractivity contribution in [3.05, 3.63) is 89.5 Å². The van der Waals surface area contributed by atoms with Crippen LogP contribution in [0.4, 0.5) is 11.4 Å². The van der Waals surface area contributed by atoms with Crippen molar-refractivity contribution in [3.63, 3.8) is 0 Å². The Labute approximate surface area is 308 Å². The van der Waals surface area contributed by atoms with Crippen molar-refractivity contribution in [2.45, 2.75) is 78.1 Å². The smallest absolute Gasteiger partial charge is 0.349 e. The van der Waals surface area contributed by atoms with Gasteiger partial charge in [-0.15, -0.1) is 0 Å². The highest BCUT2D eigenvalue weighted by atomic mass is 16.6. The number of hydrogen-bond acceptors (Lipinski definition) is 8. The van der Waals surface area contributed by atoms with Crippen LogP contribution in [0, 0.1) is 0 Å². The van der Waals surface area contributed by atoms with Crippen molar-refractivity contribution in [3.8, 4) is 17.2 Å². The summed E-state index contributed by atoms with van der Waals surface area (Å²) in [5.74, 6) is -4.41. The summed E-state index contributed by atoms with van der Waals surface area (Å²) < 4.78 is 11.2. The number of unbranched alkanes of at least 4 members (excludes halogenated alkanes) is 8. The van der Waals surface area contributed by atoms with E-state index in [2.05, 4.69) is 12.2 Å². The molecule has 4 aromatic rings. The molecule has 0 aliphatic carbocycles. The molecule has 0 aliphatic rings. The Morgan fingerprint density at radius 3 is 1.89 bits per heavy atom. The predicted octanol–water partition coefficient (Wildman–Crippen LogP) is 8.45. The third kappa shape index (κ3) is 11.3. The molecule has 4 rings (SSSR count). The fraction of sp³-hybridized carbons (Fsp3) is 0.341. The standard InChI is InChI=1S/C41H46N2O10/c1-3-5-6-7-8-9-10-11-12-17-36(44)42-29-18-20-31(21-19-29)53-37(45)26-52-35-25-34(38(46)33-16-14-13-15-32(33)35)39(47)43(4-2)30-23-27(40(48)49)22-28(24-30)41(50)51/h13-16,18-25,46H,3-12,17,26H2,1-2H3,(H,42,44)(H,48,49)(H,50,51). The van der Waals surface area contributed by atoms with Crippen LogP contribution in [0.5, 0.6) is 17.2 Å². The first-order valence-corrected chi connectivity index (χ1v) is 17.9. The van der Waals surface area contributed by atoms with E-state index < -0.39 is 30.4 Å². The lowest BCUT2D eigenvalue weighted by atomic mass is 10.0. The van der Waals surface area contributed by atoms with E-state index in [0.29, 0.717) is 17.5 Å². The maximum atomic E-state index is 13.9. The molecule has 4 N–H and O–H groups in total. The Hall–Kier alpha value is -5.91. The minimum absolute atomic E-state index is 0.00204. The third-order valence-corrected chi connectivity index (χ3v) is 8.72. The Morgan fingerprint density at radius 2 is 1.30 bits per heavy atom. The van der Waals surface area contributed by atoms with Gasteiger partial charge in [-0.1, -0.05) is 82.6 Å². The second-order valence-electron chi connectivity index (χ2n) is 12.7. The number of fused-ring (bicyclic) bond motifs is 1. The number of nitrogens with zero attached hydrogens (tertiary/aromatic N) is 1. The summed E-state index contributed by atoms with van der Waals surface area (Å²) in [5.41, 5.74) is -0.315. The molecule has 0 heterocycles. The number of esters is 1. The maximum Gasteiger partial charge on any atom is 0.349 e. The highest BCUT2D eigenvalue weighted by molar-refractivity contribution is 6.13. The van der Waals surface area contributed by atoms with Crippen LogP contribution in [0.3, 0.4) is 0 Å². The molecule has 53 heavy (non-hydrogen) atoms. The fourth-order valence-electron chi connectivity index (χ4n) is 5.94. The molecule has 4 aromatic carbocycles. The number of rotatable bonds is 20. The molecule has 0 radical (unpaired) electrons. The summed E-state index contributed by atoms with van der Waals surface area (Å²) in [7, 11) is 0. The maximum absolute atomic E-state index is 13.9. The fourth-order valence-corrected chi connectivity index (χ4v) is 5.94. The van der Waals surface area contributed by atoms with Crippen molar-refractivity contribution >= 4 is 51.9 Å². The second-order valence-corrected chi connectivity index (χ2v) is 12.7. The first kappa shape index (κ1) is 39.9. The summed E-state index contributed by atoms with van der Waals surface area (Å²) >= 11 is 0. The topological polar surface area (TPSA) is 180 Å². The predicted molar refractivity (Wildman–Crippen MR) is 201 cm³/mol. The van der Waals surface area contributed by atoms with Crippen molar-refractivity contribution in [1.82, 2.24) is 0 Å². The minimum Gasteiger partial charge on any atom is -0.506 e. The van der Waals surface area contributed by atoms with Crippen LogP contribution in [0.25, 0.3) is 10.8 Å². The average molecular weight is 727 g/mol. The van der Waals surface area contributed by atoms with E-state index in [1.165, 1.54) is 56.7 Å². The van der Waals surface area contributed by atoms with Gasteiger partial charge in [0.05, 0.1) is 16.7 Å². The van der Waals surface area contributed by atoms with Crippen LogP contribution in [0.1, 0.15) is 109 Å². The summed E-state index contributed by atoms with van der Waals surface area (Å²) in [6.07, 6.45) is 11.0. The molecule has 0 saturated heterocycles. The monoisotopic (exact) mass is 726 g/mol. The summed E-state index contributed by atoms with van der Waals surface area (Å²) in [6.45, 7) is 3.26. The molecule has 12 heteroatoms. The number of hydrogen-bond donors (Lipinski definition) is 4. The number of carboxylic acids is 2. The zero-order chi connectivity index (χ0) is 38.3. The first-order valence-electron chi connectivity index (χ1n) is 17.9.